The number of hydrogen-bond donors (Lipinski definition) is 2. The number of carbonyl (C=O) groups is 2. The Morgan fingerprint density at radius 1 is 0.789 bits per heavy atom. The first-order valence-electron chi connectivity index (χ1n) is 6.37. The van der Waals surface area contributed by atoms with Gasteiger partial charge in [-0.05, 0) is 38.5 Å². The third-order valence-electron chi connectivity index (χ3n) is 3.24. The normalized spacial score (nSPS) is 24.6. The summed E-state index contributed by atoms with van der Waals surface area (Å²) in [6.07, 6.45) is 12.9. The van der Waals surface area contributed by atoms with Crippen molar-refractivity contribution in [2.24, 2.45) is 11.8 Å². The van der Waals surface area contributed by atoms with Crippen LogP contribution < -0.4 is 0 Å². The van der Waals surface area contributed by atoms with Crippen LogP contribution in [0, 0.1) is 11.8 Å². The second kappa shape index (κ2) is 10.2. The maximum absolute atomic E-state index is 10.3. The van der Waals surface area contributed by atoms with E-state index in [0.717, 1.165) is 38.5 Å². The molecule has 0 amide bonds. The van der Waals surface area contributed by atoms with Crippen LogP contribution in [0.4, 0.5) is 0 Å². The minimum Gasteiger partial charge on any atom is -0.481 e. The second-order valence-corrected chi connectivity index (χ2v) is 4.64. The van der Waals surface area contributed by atoms with Crippen LogP contribution in [0.2, 0.25) is 0 Å². The molecule has 4 nitrogen and oxygen atoms in total. The van der Waals surface area contributed by atoms with Crippen LogP contribution in [0.25, 0.3) is 0 Å². The molecule has 2 N–H and O–H groups in total. The molecule has 0 heterocycles. The van der Waals surface area contributed by atoms with Gasteiger partial charge in [0.2, 0.25) is 0 Å². The predicted octanol–water partition coefficient (Wildman–Crippen LogP) is 2.85. The summed E-state index contributed by atoms with van der Waals surface area (Å²) in [7, 11) is 0. The fourth-order valence-electron chi connectivity index (χ4n) is 2.04. The fourth-order valence-corrected chi connectivity index (χ4v) is 2.04. The summed E-state index contributed by atoms with van der Waals surface area (Å²) in [5.41, 5.74) is 0. The van der Waals surface area contributed by atoms with Crippen LogP contribution in [-0.4, -0.2) is 22.2 Å². The number of hydrogen-bond acceptors (Lipinski definition) is 2. The van der Waals surface area contributed by atoms with Gasteiger partial charge in [0.15, 0.2) is 0 Å². The van der Waals surface area contributed by atoms with Crippen LogP contribution >= 0.6 is 0 Å². The number of aliphatic carboxylic acids is 2. The van der Waals surface area contributed by atoms with Crippen molar-refractivity contribution in [2.45, 2.75) is 38.5 Å². The minimum atomic E-state index is -0.653. The zero-order valence-electron chi connectivity index (χ0n) is 11.1. The van der Waals surface area contributed by atoms with Gasteiger partial charge in [0.05, 0.1) is 11.8 Å². The zero-order valence-corrected chi connectivity index (χ0v) is 15.2. The summed E-state index contributed by atoms with van der Waals surface area (Å²) < 4.78 is 0. The molecule has 0 radical (unpaired) electrons. The molecule has 2 aliphatic rings. The van der Waals surface area contributed by atoms with E-state index in [1.807, 2.05) is 24.3 Å². The number of carboxylic acid groups (broad SMARTS) is 2. The Balaban J connectivity index is 0.000000324. The molecule has 0 aliphatic heterocycles. The Labute approximate surface area is 133 Å². The number of rotatable bonds is 2. The van der Waals surface area contributed by atoms with Crippen molar-refractivity contribution >= 4 is 11.9 Å². The van der Waals surface area contributed by atoms with Crippen molar-refractivity contribution in [2.75, 3.05) is 0 Å². The quantitative estimate of drug-likeness (QED) is 0.583. The van der Waals surface area contributed by atoms with Gasteiger partial charge in [-0.25, -0.2) is 0 Å². The molecule has 2 aliphatic carbocycles. The van der Waals surface area contributed by atoms with E-state index in [9.17, 15) is 9.59 Å². The molecular formula is C14H20CdO4. The summed E-state index contributed by atoms with van der Waals surface area (Å²) in [6.45, 7) is 0. The number of allylic oxidation sites excluding steroid dienone is 4. The van der Waals surface area contributed by atoms with Crippen LogP contribution in [0.5, 0.6) is 0 Å². The van der Waals surface area contributed by atoms with Crippen molar-refractivity contribution in [3.8, 4) is 0 Å². The van der Waals surface area contributed by atoms with Gasteiger partial charge in [-0.3, -0.25) is 9.59 Å². The Morgan fingerprint density at radius 3 is 1.32 bits per heavy atom. The summed E-state index contributed by atoms with van der Waals surface area (Å²) >= 11 is 0. The SMILES string of the molecule is O=C(O)C1CC=CCC1.O=C(O)C1CC=CCC1.[Cd]. The zero-order chi connectivity index (χ0) is 13.4. The molecule has 0 spiro atoms. The molecule has 2 unspecified atom stereocenters. The maximum Gasteiger partial charge on any atom is 0.306 e. The summed E-state index contributed by atoms with van der Waals surface area (Å²) in [5.74, 6) is -1.54. The molecule has 2 rings (SSSR count). The van der Waals surface area contributed by atoms with E-state index in [1.54, 1.807) is 0 Å². The Hall–Kier alpha value is -0.658. The molecule has 0 aromatic rings. The van der Waals surface area contributed by atoms with E-state index >= 15 is 0 Å². The summed E-state index contributed by atoms with van der Waals surface area (Å²) in [6, 6.07) is 0. The molecule has 5 heteroatoms. The van der Waals surface area contributed by atoms with Crippen molar-refractivity contribution < 1.29 is 47.1 Å². The summed E-state index contributed by atoms with van der Waals surface area (Å²) in [4.78, 5) is 20.6. The molecule has 0 fully saturated rings. The van der Waals surface area contributed by atoms with Gasteiger partial charge in [-0.2, -0.15) is 0 Å². The second-order valence-electron chi connectivity index (χ2n) is 4.64. The van der Waals surface area contributed by atoms with Crippen molar-refractivity contribution in [1.29, 1.82) is 0 Å². The van der Waals surface area contributed by atoms with Gasteiger partial charge in [0.25, 0.3) is 0 Å². The van der Waals surface area contributed by atoms with Gasteiger partial charge in [-0.15, -0.1) is 0 Å². The van der Waals surface area contributed by atoms with E-state index in [1.165, 1.54) is 0 Å². The first-order valence-corrected chi connectivity index (χ1v) is 6.37. The van der Waals surface area contributed by atoms with E-state index in [2.05, 4.69) is 0 Å². The number of carboxylic acids is 2. The third-order valence-corrected chi connectivity index (χ3v) is 3.24. The first-order chi connectivity index (χ1) is 8.61. The molecule has 0 saturated heterocycles. The fraction of sp³-hybridized carbons (Fsp3) is 0.571. The monoisotopic (exact) mass is 366 g/mol. The molecule has 0 bridgehead atoms. The van der Waals surface area contributed by atoms with Crippen molar-refractivity contribution in [1.82, 2.24) is 0 Å². The van der Waals surface area contributed by atoms with Gasteiger partial charge in [0.1, 0.15) is 0 Å². The van der Waals surface area contributed by atoms with E-state index in [-0.39, 0.29) is 39.1 Å². The van der Waals surface area contributed by atoms with Gasteiger partial charge in [-0.1, -0.05) is 24.3 Å². The molecule has 102 valence electrons. The smallest absolute Gasteiger partial charge is 0.306 e. The van der Waals surface area contributed by atoms with Gasteiger partial charge in [0, 0.05) is 27.3 Å². The largest absolute Gasteiger partial charge is 0.481 e. The first kappa shape index (κ1) is 18.3. The van der Waals surface area contributed by atoms with E-state index in [4.69, 9.17) is 10.2 Å². The molecule has 19 heavy (non-hydrogen) atoms. The predicted molar refractivity (Wildman–Crippen MR) is 68.2 cm³/mol. The van der Waals surface area contributed by atoms with E-state index in [0.29, 0.717) is 0 Å². The Kier molecular flexibility index (Phi) is 9.82. The topological polar surface area (TPSA) is 74.6 Å². The Morgan fingerprint density at radius 2 is 1.16 bits per heavy atom. The minimum absolute atomic E-state index is 0. The van der Waals surface area contributed by atoms with Crippen LogP contribution in [-0.2, 0) is 36.9 Å². The van der Waals surface area contributed by atoms with Crippen molar-refractivity contribution in [3.05, 3.63) is 24.3 Å². The average Bonchev–Trinajstić information content (AvgIpc) is 2.41. The maximum atomic E-state index is 10.3. The molecular weight excluding hydrogens is 345 g/mol. The standard InChI is InChI=1S/2C7H10O2.Cd/c2*8-7(9)6-4-2-1-3-5-6;/h2*1-2,6H,3-5H2,(H,8,9);. The molecule has 0 saturated carbocycles. The van der Waals surface area contributed by atoms with Crippen LogP contribution in [0.15, 0.2) is 24.3 Å². The molecule has 0 aromatic heterocycles. The average molecular weight is 365 g/mol. The summed E-state index contributed by atoms with van der Waals surface area (Å²) in [5, 5.41) is 17.0. The van der Waals surface area contributed by atoms with Crippen LogP contribution in [0.3, 0.4) is 0 Å². The Bertz CT molecular complexity index is 315. The molecule has 2 atom stereocenters. The van der Waals surface area contributed by atoms with Gasteiger partial charge < -0.3 is 10.2 Å². The van der Waals surface area contributed by atoms with Gasteiger partial charge >= 0.3 is 11.9 Å². The third kappa shape index (κ3) is 7.49. The van der Waals surface area contributed by atoms with Crippen LogP contribution in [0.1, 0.15) is 38.5 Å². The van der Waals surface area contributed by atoms with E-state index < -0.39 is 11.9 Å². The van der Waals surface area contributed by atoms with Crippen molar-refractivity contribution in [3.63, 3.8) is 0 Å². The molecule has 0 aromatic carbocycles.